The van der Waals surface area contributed by atoms with E-state index in [2.05, 4.69) is 34.8 Å². The van der Waals surface area contributed by atoms with Gasteiger partial charge in [0.05, 0.1) is 0 Å². The second kappa shape index (κ2) is 66.7. The first kappa shape index (κ1) is 101. The summed E-state index contributed by atoms with van der Waals surface area (Å²) >= 11 is 16.9. The van der Waals surface area contributed by atoms with Gasteiger partial charge in [-0.2, -0.15) is 0 Å². The van der Waals surface area contributed by atoms with Crippen LogP contribution >= 0.6 is 34.8 Å². The predicted octanol–water partition coefficient (Wildman–Crippen LogP) is 8.90. The van der Waals surface area contributed by atoms with E-state index in [0.29, 0.717) is 77.1 Å². The number of alkyl halides is 3. The fourth-order valence-electron chi connectivity index (χ4n) is 11.3. The number of hydrogen-bond donors (Lipinski definition) is 4. The summed E-state index contributed by atoms with van der Waals surface area (Å²) in [4.78, 5) is 25.9. The molecule has 6 rings (SSSR count). The normalized spacial score (nSPS) is 16.0. The van der Waals surface area contributed by atoms with Crippen LogP contribution in [-0.2, 0) is 66.4 Å². The summed E-state index contributed by atoms with van der Waals surface area (Å²) in [6.45, 7) is 38.7. The highest BCUT2D eigenvalue weighted by molar-refractivity contribution is 6.62. The number of nitrogens with zero attached hydrogens (tertiary/aromatic N) is 8. The van der Waals surface area contributed by atoms with Crippen molar-refractivity contribution in [3.05, 3.63) is 0 Å². The van der Waals surface area contributed by atoms with Gasteiger partial charge in [0.2, 0.25) is 0 Å². The smallest absolute Gasteiger partial charge is 0.400 e. The average Bonchev–Trinajstić information content (AvgIpc) is 0.848. The molecule has 6 aliphatic rings. The van der Waals surface area contributed by atoms with Crippen LogP contribution < -0.4 is 5.32 Å². The molecule has 0 amide bonds. The molecule has 35 heteroatoms. The second-order valence-electron chi connectivity index (χ2n) is 21.7. The Hall–Kier alpha value is -0.956. The van der Waals surface area contributed by atoms with Gasteiger partial charge in [-0.15, -0.1) is 34.8 Å². The minimum absolute atomic E-state index is 0.620. The minimum Gasteiger partial charge on any atom is -0.400 e. The second-order valence-corrected chi connectivity index (χ2v) is 37.2. The third-order valence-electron chi connectivity index (χ3n) is 15.4. The molecule has 3 saturated heterocycles. The Morgan fingerprint density at radius 3 is 0.929 bits per heavy atom. The van der Waals surface area contributed by atoms with Crippen LogP contribution in [0.5, 0.6) is 0 Å². The molecule has 27 nitrogen and oxygen atoms in total. The molecule has 0 saturated carbocycles. The number of aliphatic hydroxyl groups is 3. The molecule has 0 aromatic heterocycles. The highest BCUT2D eigenvalue weighted by atomic mass is 35.5. The van der Waals surface area contributed by atoms with E-state index in [1.54, 1.807) is 42.7 Å². The Balaban J connectivity index is -0.00000111. The molecule has 0 aliphatic carbocycles. The van der Waals surface area contributed by atoms with Crippen LogP contribution in [0.2, 0.25) is 30.2 Å². The maximum Gasteiger partial charge on any atom is 0.500 e. The number of fused-ring (bicyclic) bond motifs is 3. The third-order valence-corrected chi connectivity index (χ3v) is 31.3. The van der Waals surface area contributed by atoms with Crippen LogP contribution in [0.25, 0.3) is 0 Å². The number of halogens is 3. The van der Waals surface area contributed by atoms with E-state index in [0.717, 1.165) is 168 Å². The van der Waals surface area contributed by atoms with Crippen LogP contribution in [-0.4, -0.2) is 334 Å². The van der Waals surface area contributed by atoms with Crippen molar-refractivity contribution in [3.8, 4) is 0 Å². The molecule has 98 heavy (non-hydrogen) atoms. The largest absolute Gasteiger partial charge is 0.500 e. The van der Waals surface area contributed by atoms with E-state index in [9.17, 15) is 0 Å². The molecular weight excluding hydrogens is 1420 g/mol. The van der Waals surface area contributed by atoms with Crippen molar-refractivity contribution in [2.45, 2.75) is 163 Å². The zero-order chi connectivity index (χ0) is 74.3. The number of aliphatic imine (C=N–C) groups is 3. The zero-order valence-corrected chi connectivity index (χ0v) is 71.6. The summed E-state index contributed by atoms with van der Waals surface area (Å²) in [6, 6.07) is 4.13. The topological polar surface area (TPSA) is 264 Å². The van der Waals surface area contributed by atoms with Crippen molar-refractivity contribution in [1.82, 2.24) is 29.8 Å². The molecule has 0 atom stereocenters. The van der Waals surface area contributed by atoms with E-state index in [-0.39, 0.29) is 0 Å². The van der Waals surface area contributed by atoms with Gasteiger partial charge in [-0.05, 0) is 133 Å². The molecule has 0 unspecified atom stereocenters. The monoisotopic (exact) mass is 1560 g/mol. The first-order chi connectivity index (χ1) is 47.7. The van der Waals surface area contributed by atoms with Gasteiger partial charge in [-0.3, -0.25) is 15.0 Å². The molecule has 3 fully saturated rings. The lowest BCUT2D eigenvalue weighted by atomic mass is 10.2. The number of nitrogens with one attached hydrogen (secondary N) is 1. The zero-order valence-electron chi connectivity index (χ0n) is 64.4. The van der Waals surface area contributed by atoms with Crippen molar-refractivity contribution in [1.29, 1.82) is 0 Å². The van der Waals surface area contributed by atoms with E-state index in [1.807, 2.05) is 62.3 Å². The Labute approximate surface area is 615 Å². The van der Waals surface area contributed by atoms with Crippen molar-refractivity contribution in [3.63, 3.8) is 0 Å². The Kier molecular flexibility index (Phi) is 68.9. The van der Waals surface area contributed by atoms with Gasteiger partial charge in [0.15, 0.2) is 17.9 Å². The summed E-state index contributed by atoms with van der Waals surface area (Å²) in [5.41, 5.74) is 0. The summed E-state index contributed by atoms with van der Waals surface area (Å²) < 4.78 is 83.6. The lowest BCUT2D eigenvalue weighted by molar-refractivity contribution is 0.0711. The van der Waals surface area contributed by atoms with Crippen LogP contribution in [0.1, 0.15) is 133 Å². The van der Waals surface area contributed by atoms with Crippen molar-refractivity contribution < 1.29 is 81.7 Å². The number of guanidine groups is 3. The van der Waals surface area contributed by atoms with E-state index >= 15 is 0 Å². The van der Waals surface area contributed by atoms with E-state index in [1.165, 1.54) is 63.5 Å². The Morgan fingerprint density at radius 1 is 0.337 bits per heavy atom. The van der Waals surface area contributed by atoms with Crippen molar-refractivity contribution in [2.75, 3.05) is 233 Å². The van der Waals surface area contributed by atoms with Crippen LogP contribution in [0.4, 0.5) is 0 Å². The fourth-order valence-corrected chi connectivity index (χ4v) is 23.5. The predicted molar refractivity (Wildman–Crippen MR) is 410 cm³/mol. The molecule has 0 spiro atoms. The molecule has 0 bridgehead atoms. The van der Waals surface area contributed by atoms with Crippen molar-refractivity contribution >= 4 is 96.7 Å². The summed E-state index contributed by atoms with van der Waals surface area (Å²) in [6.07, 6.45) is 12.0. The minimum atomic E-state index is -2.48. The molecular formula is C63H142Cl3N9O18Si5. The lowest BCUT2D eigenvalue weighted by Gasteiger charge is -2.41. The molecule has 0 aromatic carbocycles. The van der Waals surface area contributed by atoms with Gasteiger partial charge in [-0.25, -0.2) is 0 Å². The van der Waals surface area contributed by atoms with Crippen molar-refractivity contribution in [2.24, 2.45) is 15.0 Å². The molecule has 6 aliphatic heterocycles. The molecule has 588 valence electrons. The average molecular weight is 1560 g/mol. The third kappa shape index (κ3) is 41.7. The fraction of sp³-hybridized carbons (Fsp3) is 0.952. The van der Waals surface area contributed by atoms with Crippen LogP contribution in [0, 0.1) is 0 Å². The standard InChI is InChI=1S/C15H31N3O3Si.C14H29N3O3Si.C9H21ClO3Si.C8H19ClO3Si.C7H17ClO3Si.C7H13N3.3CH4O/c1-4-20-22(19-3,21-5-2)14-8-13-18-12-7-11-17-10-6-9-16-15(17)18;1-4-20-21(18-2,19-3)13-7-12-17-11-6-10-16-9-5-8-15-14(16)17;1-4-11-14(12-5-2,13-6-3)9-7-8-10;1-4-11-13(10-3,12-5-2)8-6-7-9;1-4-11-12(9-2,10-3)7-5-6-8;1-3-8-7-9-4-2-6-10(7)5-1;3*1-2/h4-14H2,1-3H3;4-13H2,1-3H3;4-9H2,1-3H3;4-8H2,1-3H3;4-7H2,1-3H3;1-6H2,(H,8,9);3*2H,1H3. The summed E-state index contributed by atoms with van der Waals surface area (Å²) in [7, 11) is 0.941. The summed E-state index contributed by atoms with van der Waals surface area (Å²) in [5.74, 6) is 5.41. The number of hydrogen-bond acceptors (Lipinski definition) is 27. The molecule has 4 N–H and O–H groups in total. The SMILES string of the molecule is C1CN=C2NCCCN2C1.CCO[Si](CCCCl)(OC)OC.CCO[Si](CCCCl)(OC)OCC.CCO[Si](CCCCl)(OCC)OCC.CCO[Si](CCCN1CCCN2CCCN=C21)(OC)OC.CCO[Si](CCCN1CCCN2CCCN=C21)(OC)OCC.CO.CO.CO. The molecule has 0 radical (unpaired) electrons. The first-order valence-corrected chi connectivity index (χ1v) is 47.2. The van der Waals surface area contributed by atoms with Crippen LogP contribution in [0.3, 0.4) is 0 Å². The number of rotatable bonds is 41. The maximum atomic E-state index is 7.00. The van der Waals surface area contributed by atoms with Gasteiger partial charge in [0.1, 0.15) is 0 Å². The lowest BCUT2D eigenvalue weighted by Crippen LogP contribution is -2.53. The quantitative estimate of drug-likeness (QED) is 0.0329. The number of aliphatic hydroxyl groups excluding tert-OH is 3. The maximum absolute atomic E-state index is 7.00. The highest BCUT2D eigenvalue weighted by Crippen LogP contribution is 2.24. The summed E-state index contributed by atoms with van der Waals surface area (Å²) in [5, 5.41) is 24.3. The van der Waals surface area contributed by atoms with Gasteiger partial charge >= 0.3 is 44.0 Å². The van der Waals surface area contributed by atoms with Gasteiger partial charge in [0.25, 0.3) is 0 Å². The molecule has 6 heterocycles. The van der Waals surface area contributed by atoms with E-state index in [4.69, 9.17) is 126 Å². The Bertz CT molecular complexity index is 1860. The van der Waals surface area contributed by atoms with Crippen LogP contribution in [0.15, 0.2) is 15.0 Å². The highest BCUT2D eigenvalue weighted by Gasteiger charge is 2.43. The van der Waals surface area contributed by atoms with Gasteiger partial charge < -0.3 is 112 Å². The van der Waals surface area contributed by atoms with E-state index < -0.39 is 44.0 Å². The van der Waals surface area contributed by atoms with Gasteiger partial charge in [0, 0.05) is 263 Å². The molecule has 0 aromatic rings. The first-order valence-electron chi connectivity index (χ1n) is 35.9. The van der Waals surface area contributed by atoms with Gasteiger partial charge in [-0.1, -0.05) is 0 Å². The Morgan fingerprint density at radius 2 is 0.602 bits per heavy atom.